The van der Waals surface area contributed by atoms with Gasteiger partial charge in [0, 0.05) is 6.54 Å². The Balaban J connectivity index is 2.00. The van der Waals surface area contributed by atoms with Crippen molar-refractivity contribution >= 4 is 23.7 Å². The molecule has 1 saturated heterocycles. The number of ether oxygens (including phenoxy) is 1. The Bertz CT molecular complexity index is 847. The number of carbonyl (C=O) groups excluding carboxylic acids is 4. The summed E-state index contributed by atoms with van der Waals surface area (Å²) in [5.74, 6) is -2.77. The topological polar surface area (TPSA) is 192 Å². The summed E-state index contributed by atoms with van der Waals surface area (Å²) in [5.41, 5.74) is 6.81. The van der Waals surface area contributed by atoms with E-state index in [1.54, 1.807) is 12.1 Å². The molecule has 1 fully saturated rings. The number of amides is 3. The lowest BCUT2D eigenvalue weighted by Gasteiger charge is -2.28. The zero-order valence-electron chi connectivity index (χ0n) is 18.3. The van der Waals surface area contributed by atoms with E-state index in [0.29, 0.717) is 19.4 Å². The summed E-state index contributed by atoms with van der Waals surface area (Å²) in [7, 11) is 1.08. The van der Waals surface area contributed by atoms with Crippen LogP contribution in [0.15, 0.2) is 24.3 Å². The van der Waals surface area contributed by atoms with Crippen molar-refractivity contribution in [1.29, 1.82) is 0 Å². The highest BCUT2D eigenvalue weighted by Gasteiger charge is 2.37. The summed E-state index contributed by atoms with van der Waals surface area (Å²) in [6.07, 6.45) is 1.12. The Hall–Kier alpha value is -3.22. The minimum absolute atomic E-state index is 0.0919. The van der Waals surface area contributed by atoms with Gasteiger partial charge in [-0.15, -0.1) is 0 Å². The molecule has 0 unspecified atom stereocenters. The number of aromatic hydroxyl groups is 1. The number of aliphatic hydroxyl groups is 2. The van der Waals surface area contributed by atoms with Crippen molar-refractivity contribution in [3.8, 4) is 5.75 Å². The number of nitrogens with two attached hydrogens (primary N) is 1. The molecule has 0 saturated carbocycles. The van der Waals surface area contributed by atoms with Crippen molar-refractivity contribution in [1.82, 2.24) is 15.5 Å². The smallest absolute Gasteiger partial charge is 0.330 e. The van der Waals surface area contributed by atoms with Gasteiger partial charge < -0.3 is 41.3 Å². The van der Waals surface area contributed by atoms with Crippen LogP contribution < -0.4 is 16.4 Å². The normalized spacial score (nSPS) is 18.2. The van der Waals surface area contributed by atoms with Gasteiger partial charge in [0.1, 0.15) is 17.8 Å². The van der Waals surface area contributed by atoms with Gasteiger partial charge in [0.25, 0.3) is 0 Å². The molecule has 0 spiro atoms. The van der Waals surface area contributed by atoms with E-state index in [1.807, 2.05) is 0 Å². The van der Waals surface area contributed by atoms with Crippen LogP contribution in [0.4, 0.5) is 0 Å². The number of methoxy groups -OCH3 is 1. The number of hydrogen-bond acceptors (Lipinski definition) is 9. The van der Waals surface area contributed by atoms with Gasteiger partial charge in [-0.25, -0.2) is 4.79 Å². The average molecular weight is 466 g/mol. The first-order valence-corrected chi connectivity index (χ1v) is 10.5. The van der Waals surface area contributed by atoms with Gasteiger partial charge in [-0.3, -0.25) is 14.4 Å². The van der Waals surface area contributed by atoms with Gasteiger partial charge in [-0.05, 0) is 37.0 Å². The van der Waals surface area contributed by atoms with E-state index in [0.717, 1.165) is 12.7 Å². The molecule has 1 aliphatic heterocycles. The molecule has 12 nitrogen and oxygen atoms in total. The standard InChI is InChI=1S/C21H30N4O8/c1-33-21(32)16(11-27)24-18(29)15(10-26)23-19(30)17-3-2-8-25(17)20(31)14(22)9-12-4-6-13(28)7-5-12/h4-7,14-17,26-28H,2-3,8-11,22H2,1H3,(H,23,30)(H,24,29)/t14-,15-,16-,17-/m0/s1. The van der Waals surface area contributed by atoms with Crippen molar-refractivity contribution in [2.75, 3.05) is 26.9 Å². The Morgan fingerprint density at radius 1 is 1.12 bits per heavy atom. The predicted molar refractivity (Wildman–Crippen MR) is 115 cm³/mol. The summed E-state index contributed by atoms with van der Waals surface area (Å²) in [5, 5.41) is 32.7. The van der Waals surface area contributed by atoms with Crippen LogP contribution in [0.1, 0.15) is 18.4 Å². The summed E-state index contributed by atoms with van der Waals surface area (Å²) < 4.78 is 4.46. The number of esters is 1. The van der Waals surface area contributed by atoms with Crippen molar-refractivity contribution in [3.05, 3.63) is 29.8 Å². The van der Waals surface area contributed by atoms with Gasteiger partial charge in [0.05, 0.1) is 26.4 Å². The summed E-state index contributed by atoms with van der Waals surface area (Å²) in [6.45, 7) is -1.18. The summed E-state index contributed by atoms with van der Waals surface area (Å²) >= 11 is 0. The number of nitrogens with zero attached hydrogens (tertiary/aromatic N) is 1. The number of hydrogen-bond donors (Lipinski definition) is 6. The third kappa shape index (κ3) is 6.88. The zero-order chi connectivity index (χ0) is 24.5. The molecule has 1 aromatic carbocycles. The van der Waals surface area contributed by atoms with Crippen LogP contribution in [0.5, 0.6) is 5.75 Å². The van der Waals surface area contributed by atoms with Crippen molar-refractivity contribution in [3.63, 3.8) is 0 Å². The first-order valence-electron chi connectivity index (χ1n) is 10.5. The summed E-state index contributed by atoms with van der Waals surface area (Å²) in [6, 6.07) is 1.73. The van der Waals surface area contributed by atoms with Gasteiger partial charge in [0.15, 0.2) is 6.04 Å². The maximum Gasteiger partial charge on any atom is 0.330 e. The first-order chi connectivity index (χ1) is 15.7. The Kier molecular flexibility index (Phi) is 9.57. The molecular weight excluding hydrogens is 436 g/mol. The maximum atomic E-state index is 12.9. The summed E-state index contributed by atoms with van der Waals surface area (Å²) in [4.78, 5) is 50.9. The van der Waals surface area contributed by atoms with E-state index in [1.165, 1.54) is 17.0 Å². The molecule has 4 atom stereocenters. The molecule has 3 amide bonds. The number of rotatable bonds is 10. The molecule has 12 heteroatoms. The second-order valence-corrected chi connectivity index (χ2v) is 7.68. The van der Waals surface area contributed by atoms with Crippen LogP contribution in [0.25, 0.3) is 0 Å². The van der Waals surface area contributed by atoms with Crippen LogP contribution in [-0.4, -0.2) is 94.9 Å². The fourth-order valence-corrected chi connectivity index (χ4v) is 3.55. The molecule has 2 rings (SSSR count). The number of nitrogens with one attached hydrogen (secondary N) is 2. The second-order valence-electron chi connectivity index (χ2n) is 7.68. The zero-order valence-corrected chi connectivity index (χ0v) is 18.3. The van der Waals surface area contributed by atoms with Crippen LogP contribution in [0, 0.1) is 0 Å². The van der Waals surface area contributed by atoms with Gasteiger partial charge in [-0.1, -0.05) is 12.1 Å². The fraction of sp³-hybridized carbons (Fsp3) is 0.524. The van der Waals surface area contributed by atoms with Crippen molar-refractivity contribution in [2.24, 2.45) is 5.73 Å². The second kappa shape index (κ2) is 12.1. The number of phenols is 1. The first kappa shape index (κ1) is 26.0. The third-order valence-corrected chi connectivity index (χ3v) is 5.35. The van der Waals surface area contributed by atoms with Crippen LogP contribution >= 0.6 is 0 Å². The minimum atomic E-state index is -1.40. The van der Waals surface area contributed by atoms with Gasteiger partial charge in [0.2, 0.25) is 17.7 Å². The quantitative estimate of drug-likeness (QED) is 0.200. The molecule has 1 heterocycles. The molecular formula is C21H30N4O8. The molecule has 33 heavy (non-hydrogen) atoms. The van der Waals surface area contributed by atoms with E-state index in [-0.39, 0.29) is 12.2 Å². The lowest BCUT2D eigenvalue weighted by atomic mass is 10.0. The van der Waals surface area contributed by atoms with E-state index < -0.39 is 61.1 Å². The molecule has 7 N–H and O–H groups in total. The van der Waals surface area contributed by atoms with E-state index in [4.69, 9.17) is 5.73 Å². The number of phenolic OH excluding ortho intramolecular Hbond substituents is 1. The minimum Gasteiger partial charge on any atom is -0.508 e. The predicted octanol–water partition coefficient (Wildman–Crippen LogP) is -2.62. The molecule has 0 bridgehead atoms. The third-order valence-electron chi connectivity index (χ3n) is 5.35. The van der Waals surface area contributed by atoms with E-state index in [9.17, 15) is 34.5 Å². The van der Waals surface area contributed by atoms with Crippen LogP contribution in [0.2, 0.25) is 0 Å². The highest BCUT2D eigenvalue weighted by molar-refractivity contribution is 5.94. The van der Waals surface area contributed by atoms with Gasteiger partial charge in [-0.2, -0.15) is 0 Å². The van der Waals surface area contributed by atoms with E-state index in [2.05, 4.69) is 15.4 Å². The maximum absolute atomic E-state index is 12.9. The SMILES string of the molecule is COC(=O)[C@H](CO)NC(=O)[C@H](CO)NC(=O)[C@@H]1CCCN1C(=O)[C@@H](N)Cc1ccc(O)cc1. The largest absolute Gasteiger partial charge is 0.508 e. The lowest BCUT2D eigenvalue weighted by Crippen LogP contribution is -2.58. The molecule has 0 radical (unpaired) electrons. The fourth-order valence-electron chi connectivity index (χ4n) is 3.55. The lowest BCUT2D eigenvalue weighted by molar-refractivity contribution is -0.147. The molecule has 182 valence electrons. The van der Waals surface area contributed by atoms with Crippen LogP contribution in [-0.2, 0) is 30.3 Å². The molecule has 0 aromatic heterocycles. The number of benzene rings is 1. The number of aliphatic hydroxyl groups excluding tert-OH is 2. The highest BCUT2D eigenvalue weighted by atomic mass is 16.5. The molecule has 1 aromatic rings. The number of carbonyl (C=O) groups is 4. The van der Waals surface area contributed by atoms with Gasteiger partial charge >= 0.3 is 5.97 Å². The molecule has 0 aliphatic carbocycles. The Labute approximate surface area is 190 Å². The van der Waals surface area contributed by atoms with Crippen molar-refractivity contribution in [2.45, 2.75) is 43.4 Å². The molecule has 1 aliphatic rings. The van der Waals surface area contributed by atoms with Crippen molar-refractivity contribution < 1.29 is 39.2 Å². The monoisotopic (exact) mass is 466 g/mol. The highest BCUT2D eigenvalue weighted by Crippen LogP contribution is 2.20. The van der Waals surface area contributed by atoms with E-state index >= 15 is 0 Å². The average Bonchev–Trinajstić information content (AvgIpc) is 3.31. The van der Waals surface area contributed by atoms with Crippen LogP contribution in [0.3, 0.4) is 0 Å². The Morgan fingerprint density at radius 3 is 2.33 bits per heavy atom. The number of likely N-dealkylation sites (tertiary alicyclic amines) is 1. The Morgan fingerprint density at radius 2 is 1.76 bits per heavy atom.